The topological polar surface area (TPSA) is 55.6 Å². The number of aromatic nitrogens is 1. The summed E-state index contributed by atoms with van der Waals surface area (Å²) in [5.41, 5.74) is 2.31. The molecule has 1 aliphatic carbocycles. The Balaban J connectivity index is 1.23. The number of carbonyl (C=O) groups excluding carboxylic acids is 1. The van der Waals surface area contributed by atoms with Crippen LogP contribution in [0.5, 0.6) is 0 Å². The molecular weight excluding hydrogens is 415 g/mol. The van der Waals surface area contributed by atoms with Crippen LogP contribution in [0.2, 0.25) is 0 Å². The molecule has 0 N–H and O–H groups in total. The van der Waals surface area contributed by atoms with Crippen molar-refractivity contribution >= 4 is 28.5 Å². The molecule has 1 aromatic heterocycles. The van der Waals surface area contributed by atoms with Crippen LogP contribution in [0.3, 0.4) is 0 Å². The lowest BCUT2D eigenvalue weighted by molar-refractivity contribution is -0.114. The van der Waals surface area contributed by atoms with E-state index in [2.05, 4.69) is 16.1 Å². The lowest BCUT2D eigenvalue weighted by atomic mass is 9.91. The first-order valence-corrected chi connectivity index (χ1v) is 11.8. The third kappa shape index (κ3) is 5.10. The van der Waals surface area contributed by atoms with Gasteiger partial charge in [0, 0.05) is 30.9 Å². The first kappa shape index (κ1) is 22.2. The molecule has 31 heavy (non-hydrogen) atoms. The van der Waals surface area contributed by atoms with E-state index in [0.29, 0.717) is 17.9 Å². The Morgan fingerprint density at radius 3 is 2.94 bits per heavy atom. The van der Waals surface area contributed by atoms with E-state index in [4.69, 9.17) is 9.26 Å². The molecule has 1 atom stereocenters. The monoisotopic (exact) mass is 444 g/mol. The Morgan fingerprint density at radius 2 is 2.19 bits per heavy atom. The molecule has 1 fully saturated rings. The fourth-order valence-corrected chi connectivity index (χ4v) is 5.59. The van der Waals surface area contributed by atoms with Crippen LogP contribution in [0, 0.1) is 5.82 Å². The van der Waals surface area contributed by atoms with Crippen molar-refractivity contribution in [2.45, 2.75) is 43.5 Å². The number of hydrogen-bond donors (Lipinski definition) is 0. The van der Waals surface area contributed by atoms with Crippen molar-refractivity contribution in [3.05, 3.63) is 53.5 Å². The predicted octanol–water partition coefficient (Wildman–Crippen LogP) is 5.09. The van der Waals surface area contributed by atoms with Gasteiger partial charge in [-0.05, 0) is 75.4 Å². The number of ether oxygens (including phenoxy) is 1. The second-order valence-corrected chi connectivity index (χ2v) is 9.71. The van der Waals surface area contributed by atoms with E-state index < -0.39 is 4.93 Å². The number of piperidine rings is 1. The Morgan fingerprint density at radius 1 is 1.39 bits per heavy atom. The number of Topliss-reactive ketones (excluding diaryl/α,β-unsaturated/α-hetero) is 1. The summed E-state index contributed by atoms with van der Waals surface area (Å²) in [4.78, 5) is 13.8. The van der Waals surface area contributed by atoms with Crippen molar-refractivity contribution in [1.29, 1.82) is 0 Å². The van der Waals surface area contributed by atoms with Crippen LogP contribution in [-0.2, 0) is 9.53 Å². The largest absolute Gasteiger partial charge is 0.364 e. The molecule has 0 spiro atoms. The summed E-state index contributed by atoms with van der Waals surface area (Å²) in [6.07, 6.45) is 9.64. The van der Waals surface area contributed by atoms with Gasteiger partial charge in [0.05, 0.1) is 5.69 Å². The number of hydrogen-bond acceptors (Lipinski definition) is 6. The van der Waals surface area contributed by atoms with Crippen LogP contribution < -0.4 is 0 Å². The van der Waals surface area contributed by atoms with Gasteiger partial charge >= 0.3 is 0 Å². The molecule has 2 aromatic rings. The van der Waals surface area contributed by atoms with Gasteiger partial charge in [-0.15, -0.1) is 11.8 Å². The van der Waals surface area contributed by atoms with E-state index in [0.717, 1.165) is 61.3 Å². The van der Waals surface area contributed by atoms with Crippen LogP contribution >= 0.6 is 11.8 Å². The van der Waals surface area contributed by atoms with Gasteiger partial charge in [-0.2, -0.15) is 0 Å². The molecular formula is C24H29FN2O3S. The standard InChI is InChI=1S/C24H29FN2O3S/c1-17(28)19-5-3-10-24(16-19,29-2)31-14-4-11-27-12-8-18(9-13-27)23-21-7-6-20(25)15-22(21)30-26-23/h3,5-7,10,15,18H,4,8-9,11-14,16H2,1-2H3. The number of ketones is 1. The average molecular weight is 445 g/mol. The van der Waals surface area contributed by atoms with Gasteiger partial charge in [0.15, 0.2) is 11.4 Å². The second-order valence-electron chi connectivity index (χ2n) is 8.33. The van der Waals surface area contributed by atoms with Crippen LogP contribution in [0.25, 0.3) is 11.0 Å². The van der Waals surface area contributed by atoms with E-state index >= 15 is 0 Å². The maximum Gasteiger partial charge on any atom is 0.170 e. The van der Waals surface area contributed by atoms with E-state index in [9.17, 15) is 9.18 Å². The van der Waals surface area contributed by atoms with Gasteiger partial charge < -0.3 is 14.2 Å². The third-order valence-electron chi connectivity index (χ3n) is 6.28. The fraction of sp³-hybridized carbons (Fsp3) is 0.500. The van der Waals surface area contributed by atoms with Crippen LogP contribution in [-0.4, -0.2) is 53.3 Å². The number of nitrogens with zero attached hydrogens (tertiary/aromatic N) is 2. The van der Waals surface area contributed by atoms with Gasteiger partial charge in [0.2, 0.25) is 0 Å². The number of methoxy groups -OCH3 is 1. The Hall–Kier alpha value is -1.96. The molecule has 0 amide bonds. The summed E-state index contributed by atoms with van der Waals surface area (Å²) < 4.78 is 24.5. The minimum atomic E-state index is -0.434. The Bertz CT molecular complexity index is 994. The molecule has 5 nitrogen and oxygen atoms in total. The van der Waals surface area contributed by atoms with Gasteiger partial charge in [-0.1, -0.05) is 17.3 Å². The van der Waals surface area contributed by atoms with E-state index in [1.165, 1.54) is 12.1 Å². The normalized spacial score (nSPS) is 22.7. The molecule has 7 heteroatoms. The zero-order valence-electron chi connectivity index (χ0n) is 18.1. The minimum Gasteiger partial charge on any atom is -0.364 e. The predicted molar refractivity (Wildman–Crippen MR) is 122 cm³/mol. The quantitative estimate of drug-likeness (QED) is 0.418. The smallest absolute Gasteiger partial charge is 0.170 e. The highest BCUT2D eigenvalue weighted by molar-refractivity contribution is 8.00. The maximum absolute atomic E-state index is 13.4. The zero-order chi connectivity index (χ0) is 21.8. The molecule has 1 unspecified atom stereocenters. The molecule has 0 bridgehead atoms. The van der Waals surface area contributed by atoms with Crippen molar-refractivity contribution < 1.29 is 18.4 Å². The molecule has 1 aliphatic heterocycles. The lowest BCUT2D eigenvalue weighted by Gasteiger charge is -2.33. The van der Waals surface area contributed by atoms with Crippen molar-refractivity contribution in [1.82, 2.24) is 10.1 Å². The molecule has 1 aromatic carbocycles. The lowest BCUT2D eigenvalue weighted by Crippen LogP contribution is -2.34. The first-order valence-electron chi connectivity index (χ1n) is 10.9. The number of halogens is 1. The summed E-state index contributed by atoms with van der Waals surface area (Å²) in [6.45, 7) is 4.71. The van der Waals surface area contributed by atoms with Crippen LogP contribution in [0.4, 0.5) is 4.39 Å². The highest BCUT2D eigenvalue weighted by Crippen LogP contribution is 2.38. The Kier molecular flexibility index (Phi) is 6.94. The average Bonchev–Trinajstić information content (AvgIpc) is 3.20. The summed E-state index contributed by atoms with van der Waals surface area (Å²) >= 11 is 1.77. The molecule has 2 heterocycles. The Labute approximate surface area is 186 Å². The van der Waals surface area contributed by atoms with Crippen LogP contribution in [0.1, 0.15) is 44.2 Å². The summed E-state index contributed by atoms with van der Waals surface area (Å²) in [5.74, 6) is 1.15. The van der Waals surface area contributed by atoms with Gasteiger partial charge in [0.25, 0.3) is 0 Å². The third-order valence-corrected chi connectivity index (χ3v) is 7.71. The molecule has 166 valence electrons. The number of fused-ring (bicyclic) bond motifs is 1. The van der Waals surface area contributed by atoms with Crippen molar-refractivity contribution in [2.75, 3.05) is 32.5 Å². The number of thioether (sulfide) groups is 1. The zero-order valence-corrected chi connectivity index (χ0v) is 18.9. The molecule has 2 aliphatic rings. The van der Waals surface area contributed by atoms with E-state index in [1.54, 1.807) is 31.9 Å². The number of allylic oxidation sites excluding steroid dienone is 2. The van der Waals surface area contributed by atoms with Crippen molar-refractivity contribution in [3.8, 4) is 0 Å². The van der Waals surface area contributed by atoms with Gasteiger partial charge in [-0.3, -0.25) is 4.79 Å². The van der Waals surface area contributed by atoms with E-state index in [-0.39, 0.29) is 11.6 Å². The summed E-state index contributed by atoms with van der Waals surface area (Å²) in [7, 11) is 1.72. The SMILES string of the molecule is COC1(SCCCN2CCC(c3noc4cc(F)ccc34)CC2)C=CC=C(C(C)=O)C1. The van der Waals surface area contributed by atoms with E-state index in [1.807, 2.05) is 12.2 Å². The molecule has 0 radical (unpaired) electrons. The summed E-state index contributed by atoms with van der Waals surface area (Å²) in [5, 5.41) is 5.17. The maximum atomic E-state index is 13.4. The highest BCUT2D eigenvalue weighted by Gasteiger charge is 2.32. The molecule has 4 rings (SSSR count). The number of rotatable bonds is 8. The molecule has 1 saturated heterocycles. The number of benzene rings is 1. The second kappa shape index (κ2) is 9.67. The van der Waals surface area contributed by atoms with Crippen molar-refractivity contribution in [3.63, 3.8) is 0 Å². The minimum absolute atomic E-state index is 0.110. The molecule has 0 saturated carbocycles. The summed E-state index contributed by atoms with van der Waals surface area (Å²) in [6, 6.07) is 4.65. The highest BCUT2D eigenvalue weighted by atomic mass is 32.2. The van der Waals surface area contributed by atoms with Crippen LogP contribution in [0.15, 0.2) is 46.5 Å². The first-order chi connectivity index (χ1) is 15.0. The van der Waals surface area contributed by atoms with Crippen molar-refractivity contribution in [2.24, 2.45) is 0 Å². The van der Waals surface area contributed by atoms with Gasteiger partial charge in [0.1, 0.15) is 10.8 Å². The van der Waals surface area contributed by atoms with Gasteiger partial charge in [-0.25, -0.2) is 4.39 Å². The fourth-order valence-electron chi connectivity index (χ4n) is 4.42. The number of likely N-dealkylation sites (tertiary alicyclic amines) is 1. The number of carbonyl (C=O) groups is 1.